The highest BCUT2D eigenvalue weighted by Crippen LogP contribution is 2.43. The average Bonchev–Trinajstić information content (AvgIpc) is 2.99. The molecule has 1 aromatic carbocycles. The summed E-state index contributed by atoms with van der Waals surface area (Å²) in [5.41, 5.74) is 2.76. The first-order valence-electron chi connectivity index (χ1n) is 5.83. The third-order valence-electron chi connectivity index (χ3n) is 3.13. The molecule has 0 atom stereocenters. The van der Waals surface area contributed by atoms with Gasteiger partial charge in [-0.05, 0) is 36.8 Å². The van der Waals surface area contributed by atoms with Gasteiger partial charge in [-0.1, -0.05) is 18.2 Å². The zero-order valence-corrected chi connectivity index (χ0v) is 10.1. The topological polar surface area (TPSA) is 24.4 Å². The fraction of sp³-hybridized carbons (Fsp3) is 0.462. The number of halogens is 1. The summed E-state index contributed by atoms with van der Waals surface area (Å²) in [4.78, 5) is 4.46. The molecule has 3 heteroatoms. The van der Waals surface area contributed by atoms with Crippen molar-refractivity contribution in [1.82, 2.24) is 0 Å². The Morgan fingerprint density at radius 1 is 1.19 bits per heavy atom. The fourth-order valence-electron chi connectivity index (χ4n) is 2.16. The van der Waals surface area contributed by atoms with Crippen molar-refractivity contribution in [2.45, 2.75) is 31.6 Å². The first-order valence-corrected chi connectivity index (χ1v) is 5.83. The minimum atomic E-state index is 0. The summed E-state index contributed by atoms with van der Waals surface area (Å²) in [6.45, 7) is 0.994. The van der Waals surface area contributed by atoms with Crippen LogP contribution in [0.25, 0.3) is 0 Å². The number of rotatable bonds is 2. The molecular formula is C13H17ClN2. The summed E-state index contributed by atoms with van der Waals surface area (Å²) in [5.74, 6) is 1.97. The number of para-hydroxylation sites is 1. The zero-order valence-electron chi connectivity index (χ0n) is 9.28. The molecule has 1 saturated carbocycles. The number of anilines is 1. The lowest BCUT2D eigenvalue weighted by atomic mass is 10.1. The minimum absolute atomic E-state index is 0. The average molecular weight is 237 g/mol. The van der Waals surface area contributed by atoms with Gasteiger partial charge in [-0.2, -0.15) is 0 Å². The second-order valence-corrected chi connectivity index (χ2v) is 4.42. The van der Waals surface area contributed by atoms with Gasteiger partial charge in [0.25, 0.3) is 0 Å². The number of nitrogens with zero attached hydrogens (tertiary/aromatic N) is 1. The van der Waals surface area contributed by atoms with Gasteiger partial charge in [0.15, 0.2) is 0 Å². The molecule has 0 amide bonds. The van der Waals surface area contributed by atoms with Crippen molar-refractivity contribution in [2.24, 2.45) is 4.99 Å². The third-order valence-corrected chi connectivity index (χ3v) is 3.13. The van der Waals surface area contributed by atoms with E-state index in [4.69, 9.17) is 0 Å². The summed E-state index contributed by atoms with van der Waals surface area (Å²) < 4.78 is 0. The van der Waals surface area contributed by atoms with E-state index in [2.05, 4.69) is 34.6 Å². The Labute approximate surface area is 103 Å². The smallest absolute Gasteiger partial charge is 0.101 e. The van der Waals surface area contributed by atoms with Gasteiger partial charge >= 0.3 is 0 Å². The largest absolute Gasteiger partial charge is 0.344 e. The first-order chi connectivity index (χ1) is 7.43. The number of amidine groups is 1. The van der Waals surface area contributed by atoms with Crippen LogP contribution in [-0.2, 0) is 0 Å². The lowest BCUT2D eigenvalue weighted by Gasteiger charge is -2.10. The van der Waals surface area contributed by atoms with E-state index in [-0.39, 0.29) is 12.4 Å². The second kappa shape index (κ2) is 4.88. The quantitative estimate of drug-likeness (QED) is 0.834. The molecule has 0 radical (unpaired) electrons. The van der Waals surface area contributed by atoms with Crippen molar-refractivity contribution in [3.8, 4) is 0 Å². The molecule has 86 valence electrons. The summed E-state index contributed by atoms with van der Waals surface area (Å²) in [6, 6.07) is 8.66. The molecule has 2 aliphatic rings. The molecule has 1 fully saturated rings. The van der Waals surface area contributed by atoms with Crippen LogP contribution < -0.4 is 5.32 Å². The fourth-order valence-corrected chi connectivity index (χ4v) is 2.16. The summed E-state index contributed by atoms with van der Waals surface area (Å²) >= 11 is 0. The highest BCUT2D eigenvalue weighted by Gasteiger charge is 2.26. The van der Waals surface area contributed by atoms with Gasteiger partial charge in [-0.25, -0.2) is 0 Å². The van der Waals surface area contributed by atoms with Crippen LogP contribution in [0.2, 0.25) is 0 Å². The zero-order chi connectivity index (χ0) is 10.1. The molecular weight excluding hydrogens is 220 g/mol. The van der Waals surface area contributed by atoms with Crippen molar-refractivity contribution in [2.75, 3.05) is 11.9 Å². The molecule has 1 aliphatic carbocycles. The van der Waals surface area contributed by atoms with Crippen LogP contribution in [0.4, 0.5) is 5.69 Å². The molecule has 0 unspecified atom stereocenters. The minimum Gasteiger partial charge on any atom is -0.344 e. The van der Waals surface area contributed by atoms with Crippen LogP contribution in [-0.4, -0.2) is 12.4 Å². The van der Waals surface area contributed by atoms with Gasteiger partial charge in [0.2, 0.25) is 0 Å². The highest BCUT2D eigenvalue weighted by atomic mass is 35.5. The summed E-state index contributed by atoms with van der Waals surface area (Å²) in [6.07, 6.45) is 5.02. The van der Waals surface area contributed by atoms with Gasteiger partial charge in [0.1, 0.15) is 5.84 Å². The standard InChI is InChI=1S/C13H16N2.ClH/c1-2-5-12(11(4-1)10-7-8-10)15-13-6-3-9-14-13;/h1-2,4-5,10H,3,6-9H2,(H,14,15);1H. The van der Waals surface area contributed by atoms with E-state index in [0.717, 1.165) is 18.9 Å². The van der Waals surface area contributed by atoms with E-state index >= 15 is 0 Å². The molecule has 3 rings (SSSR count). The Hall–Kier alpha value is -1.02. The van der Waals surface area contributed by atoms with E-state index in [1.165, 1.54) is 36.3 Å². The third kappa shape index (κ3) is 2.38. The van der Waals surface area contributed by atoms with Crippen LogP contribution >= 0.6 is 12.4 Å². The molecule has 0 bridgehead atoms. The number of hydrogen-bond acceptors (Lipinski definition) is 2. The van der Waals surface area contributed by atoms with Crippen molar-refractivity contribution in [3.05, 3.63) is 29.8 Å². The molecule has 1 heterocycles. The predicted molar refractivity (Wildman–Crippen MR) is 70.8 cm³/mol. The predicted octanol–water partition coefficient (Wildman–Crippen LogP) is 3.59. The maximum atomic E-state index is 4.46. The lowest BCUT2D eigenvalue weighted by molar-refractivity contribution is 0.951. The molecule has 1 aromatic rings. The van der Waals surface area contributed by atoms with E-state index in [1.54, 1.807) is 0 Å². The molecule has 0 aromatic heterocycles. The molecule has 16 heavy (non-hydrogen) atoms. The maximum absolute atomic E-state index is 4.46. The Bertz CT molecular complexity index is 397. The second-order valence-electron chi connectivity index (χ2n) is 4.42. The number of benzene rings is 1. The van der Waals surface area contributed by atoms with Crippen molar-refractivity contribution < 1.29 is 0 Å². The molecule has 1 aliphatic heterocycles. The van der Waals surface area contributed by atoms with Crippen LogP contribution in [0.5, 0.6) is 0 Å². The Morgan fingerprint density at radius 3 is 2.69 bits per heavy atom. The molecule has 2 nitrogen and oxygen atoms in total. The van der Waals surface area contributed by atoms with Crippen LogP contribution in [0.1, 0.15) is 37.2 Å². The van der Waals surface area contributed by atoms with Gasteiger partial charge in [-0.15, -0.1) is 12.4 Å². The number of aliphatic imine (C=N–C) groups is 1. The lowest BCUT2D eigenvalue weighted by Crippen LogP contribution is -2.09. The SMILES string of the molecule is Cl.c1ccc(C2CC2)c(NC2=NCCC2)c1. The van der Waals surface area contributed by atoms with Crippen LogP contribution in [0.15, 0.2) is 29.3 Å². The van der Waals surface area contributed by atoms with Gasteiger partial charge in [0, 0.05) is 18.7 Å². The van der Waals surface area contributed by atoms with E-state index in [1.807, 2.05) is 0 Å². The Balaban J connectivity index is 0.000000963. The number of hydrogen-bond donors (Lipinski definition) is 1. The van der Waals surface area contributed by atoms with Crippen LogP contribution in [0, 0.1) is 0 Å². The van der Waals surface area contributed by atoms with Crippen molar-refractivity contribution >= 4 is 23.9 Å². The first kappa shape index (κ1) is 11.5. The summed E-state index contributed by atoms with van der Waals surface area (Å²) in [5, 5.41) is 3.48. The number of nitrogens with one attached hydrogen (secondary N) is 1. The normalized spacial score (nSPS) is 18.9. The highest BCUT2D eigenvalue weighted by molar-refractivity contribution is 5.97. The molecule has 1 N–H and O–H groups in total. The van der Waals surface area contributed by atoms with E-state index in [9.17, 15) is 0 Å². The van der Waals surface area contributed by atoms with Crippen molar-refractivity contribution in [3.63, 3.8) is 0 Å². The Morgan fingerprint density at radius 2 is 2.00 bits per heavy atom. The van der Waals surface area contributed by atoms with Gasteiger partial charge in [0.05, 0.1) is 0 Å². The maximum Gasteiger partial charge on any atom is 0.101 e. The van der Waals surface area contributed by atoms with Gasteiger partial charge < -0.3 is 5.32 Å². The van der Waals surface area contributed by atoms with Crippen molar-refractivity contribution in [1.29, 1.82) is 0 Å². The molecule has 0 saturated heterocycles. The summed E-state index contributed by atoms with van der Waals surface area (Å²) in [7, 11) is 0. The molecule has 0 spiro atoms. The van der Waals surface area contributed by atoms with Crippen LogP contribution in [0.3, 0.4) is 0 Å². The van der Waals surface area contributed by atoms with E-state index < -0.39 is 0 Å². The van der Waals surface area contributed by atoms with E-state index in [0.29, 0.717) is 0 Å². The Kier molecular flexibility index (Phi) is 3.49. The monoisotopic (exact) mass is 236 g/mol. The van der Waals surface area contributed by atoms with Gasteiger partial charge in [-0.3, -0.25) is 4.99 Å².